The molecule has 20 heavy (non-hydrogen) atoms. The Morgan fingerprint density at radius 1 is 1.30 bits per heavy atom. The van der Waals surface area contributed by atoms with E-state index >= 15 is 0 Å². The summed E-state index contributed by atoms with van der Waals surface area (Å²) >= 11 is 0. The van der Waals surface area contributed by atoms with Crippen molar-refractivity contribution in [2.75, 3.05) is 6.54 Å². The Morgan fingerprint density at radius 2 is 2.05 bits per heavy atom. The van der Waals surface area contributed by atoms with Crippen LogP contribution < -0.4 is 0 Å². The minimum Gasteiger partial charge on any atom is -0.444 e. The van der Waals surface area contributed by atoms with Crippen molar-refractivity contribution in [3.63, 3.8) is 0 Å². The molecule has 0 aromatic rings. The van der Waals surface area contributed by atoms with Crippen molar-refractivity contribution in [3.05, 3.63) is 23.8 Å². The summed E-state index contributed by atoms with van der Waals surface area (Å²) in [5.74, 6) is 0.119. The van der Waals surface area contributed by atoms with Gasteiger partial charge in [0, 0.05) is 13.0 Å². The summed E-state index contributed by atoms with van der Waals surface area (Å²) in [5, 5.41) is 0. The first-order valence-electron chi connectivity index (χ1n) is 7.27. The van der Waals surface area contributed by atoms with Gasteiger partial charge in [-0.05, 0) is 51.7 Å². The maximum absolute atomic E-state index is 12.3. The fraction of sp³-hybridized carbons (Fsp3) is 0.625. The average molecular weight is 277 g/mol. The summed E-state index contributed by atoms with van der Waals surface area (Å²) in [4.78, 5) is 25.4. The van der Waals surface area contributed by atoms with E-state index in [0.717, 1.165) is 31.4 Å². The van der Waals surface area contributed by atoms with Crippen molar-refractivity contribution < 1.29 is 14.3 Å². The van der Waals surface area contributed by atoms with E-state index in [9.17, 15) is 9.59 Å². The first-order chi connectivity index (χ1) is 9.37. The Kier molecular flexibility index (Phi) is 4.31. The highest BCUT2D eigenvalue weighted by molar-refractivity contribution is 5.92. The smallest absolute Gasteiger partial charge is 0.410 e. The van der Waals surface area contributed by atoms with Gasteiger partial charge in [0.1, 0.15) is 5.60 Å². The van der Waals surface area contributed by atoms with E-state index in [-0.39, 0.29) is 17.9 Å². The van der Waals surface area contributed by atoms with Gasteiger partial charge in [-0.1, -0.05) is 12.2 Å². The lowest BCUT2D eigenvalue weighted by Crippen LogP contribution is -2.47. The van der Waals surface area contributed by atoms with Crippen LogP contribution in [0.25, 0.3) is 0 Å². The summed E-state index contributed by atoms with van der Waals surface area (Å²) in [6.45, 7) is 6.35. The Bertz CT molecular complexity index is 457. The molecule has 1 aliphatic heterocycles. The molecule has 1 atom stereocenters. The SMILES string of the molecule is CC(C)(C)OC(=O)N1CCCCC1C1=CCC(=O)C=C1. The zero-order valence-electron chi connectivity index (χ0n) is 12.5. The number of likely N-dealkylation sites (tertiary alicyclic amines) is 1. The van der Waals surface area contributed by atoms with Crippen LogP contribution in [0, 0.1) is 0 Å². The van der Waals surface area contributed by atoms with Crippen molar-refractivity contribution in [1.82, 2.24) is 4.90 Å². The molecule has 0 radical (unpaired) electrons. The van der Waals surface area contributed by atoms with Crippen LogP contribution in [0.3, 0.4) is 0 Å². The monoisotopic (exact) mass is 277 g/mol. The largest absolute Gasteiger partial charge is 0.444 e. The third-order valence-electron chi connectivity index (χ3n) is 3.52. The second kappa shape index (κ2) is 5.81. The van der Waals surface area contributed by atoms with E-state index in [4.69, 9.17) is 4.74 Å². The number of amides is 1. The van der Waals surface area contributed by atoms with Gasteiger partial charge in [0.15, 0.2) is 5.78 Å². The quantitative estimate of drug-likeness (QED) is 0.739. The maximum Gasteiger partial charge on any atom is 0.410 e. The topological polar surface area (TPSA) is 46.6 Å². The Balaban J connectivity index is 2.11. The Hall–Kier alpha value is -1.58. The number of carbonyl (C=O) groups excluding carboxylic acids is 2. The van der Waals surface area contributed by atoms with Crippen LogP contribution in [0.5, 0.6) is 0 Å². The van der Waals surface area contributed by atoms with Crippen molar-refractivity contribution in [1.29, 1.82) is 0 Å². The lowest BCUT2D eigenvalue weighted by molar-refractivity contribution is -0.113. The molecule has 0 aromatic heterocycles. The molecular weight excluding hydrogens is 254 g/mol. The maximum atomic E-state index is 12.3. The van der Waals surface area contributed by atoms with E-state index < -0.39 is 5.60 Å². The molecule has 2 aliphatic rings. The zero-order chi connectivity index (χ0) is 14.8. The van der Waals surface area contributed by atoms with E-state index in [1.807, 2.05) is 32.9 Å². The molecule has 110 valence electrons. The second-order valence-corrected chi connectivity index (χ2v) is 6.39. The Labute approximate surface area is 120 Å². The molecule has 4 heteroatoms. The van der Waals surface area contributed by atoms with Crippen LogP contribution in [-0.4, -0.2) is 35.0 Å². The van der Waals surface area contributed by atoms with Gasteiger partial charge in [0.25, 0.3) is 0 Å². The number of hydrogen-bond donors (Lipinski definition) is 0. The third kappa shape index (κ3) is 3.71. The number of ether oxygens (including phenoxy) is 1. The van der Waals surface area contributed by atoms with Crippen molar-refractivity contribution in [2.45, 2.75) is 58.1 Å². The first kappa shape index (κ1) is 14.8. The van der Waals surface area contributed by atoms with Gasteiger partial charge in [-0.15, -0.1) is 0 Å². The summed E-state index contributed by atoms with van der Waals surface area (Å²) < 4.78 is 5.49. The Morgan fingerprint density at radius 3 is 2.65 bits per heavy atom. The lowest BCUT2D eigenvalue weighted by atomic mass is 9.92. The molecular formula is C16H23NO3. The van der Waals surface area contributed by atoms with Crippen LogP contribution in [-0.2, 0) is 9.53 Å². The van der Waals surface area contributed by atoms with Crippen molar-refractivity contribution >= 4 is 11.9 Å². The summed E-state index contributed by atoms with van der Waals surface area (Å²) in [7, 11) is 0. The van der Waals surface area contributed by atoms with Crippen LogP contribution >= 0.6 is 0 Å². The summed E-state index contributed by atoms with van der Waals surface area (Å²) in [6.07, 6.45) is 8.61. The van der Waals surface area contributed by atoms with Crippen molar-refractivity contribution in [3.8, 4) is 0 Å². The molecule has 0 spiro atoms. The molecule has 1 amide bonds. The van der Waals surface area contributed by atoms with Gasteiger partial charge in [-0.2, -0.15) is 0 Å². The van der Waals surface area contributed by atoms with Gasteiger partial charge >= 0.3 is 6.09 Å². The fourth-order valence-corrected chi connectivity index (χ4v) is 2.61. The molecule has 4 nitrogen and oxygen atoms in total. The van der Waals surface area contributed by atoms with Crippen LogP contribution in [0.15, 0.2) is 23.8 Å². The molecule has 0 aromatic carbocycles. The van der Waals surface area contributed by atoms with E-state index in [0.29, 0.717) is 6.42 Å². The van der Waals surface area contributed by atoms with Crippen LogP contribution in [0.4, 0.5) is 4.79 Å². The van der Waals surface area contributed by atoms with Gasteiger partial charge in [0.05, 0.1) is 6.04 Å². The summed E-state index contributed by atoms with van der Waals surface area (Å²) in [6, 6.07) is 0.0444. The number of allylic oxidation sites excluding steroid dienone is 2. The molecule has 0 N–H and O–H groups in total. The first-order valence-corrected chi connectivity index (χ1v) is 7.27. The fourth-order valence-electron chi connectivity index (χ4n) is 2.61. The number of ketones is 1. The molecule has 1 aliphatic carbocycles. The van der Waals surface area contributed by atoms with Crippen LogP contribution in [0.1, 0.15) is 46.5 Å². The van der Waals surface area contributed by atoms with Gasteiger partial charge in [0.2, 0.25) is 0 Å². The average Bonchev–Trinajstić information content (AvgIpc) is 2.38. The van der Waals surface area contributed by atoms with Crippen molar-refractivity contribution in [2.24, 2.45) is 0 Å². The minimum absolute atomic E-state index is 0.0444. The molecule has 0 saturated carbocycles. The number of hydrogen-bond acceptors (Lipinski definition) is 3. The lowest BCUT2D eigenvalue weighted by Gasteiger charge is -2.37. The van der Waals surface area contributed by atoms with Gasteiger partial charge in [-0.25, -0.2) is 4.79 Å². The standard InChI is InChI=1S/C16H23NO3/c1-16(2,3)20-15(19)17-11-5-4-6-14(17)12-7-9-13(18)10-8-12/h7-9,14H,4-6,10-11H2,1-3H3. The molecule has 1 fully saturated rings. The predicted octanol–water partition coefficient (Wildman–Crippen LogP) is 3.23. The summed E-state index contributed by atoms with van der Waals surface area (Å²) in [5.41, 5.74) is 0.585. The highest BCUT2D eigenvalue weighted by atomic mass is 16.6. The highest BCUT2D eigenvalue weighted by Gasteiger charge is 2.32. The second-order valence-electron chi connectivity index (χ2n) is 6.39. The van der Waals surface area contributed by atoms with Crippen LogP contribution in [0.2, 0.25) is 0 Å². The number of carbonyl (C=O) groups is 2. The number of nitrogens with zero attached hydrogens (tertiary/aromatic N) is 1. The predicted molar refractivity (Wildman–Crippen MR) is 77.4 cm³/mol. The molecule has 1 saturated heterocycles. The van der Waals surface area contributed by atoms with Gasteiger partial charge < -0.3 is 9.64 Å². The zero-order valence-corrected chi connectivity index (χ0v) is 12.5. The number of rotatable bonds is 1. The minimum atomic E-state index is -0.480. The molecule has 1 unspecified atom stereocenters. The third-order valence-corrected chi connectivity index (χ3v) is 3.52. The molecule has 2 rings (SSSR count). The number of piperidine rings is 1. The highest BCUT2D eigenvalue weighted by Crippen LogP contribution is 2.27. The molecule has 0 bridgehead atoms. The van der Waals surface area contributed by atoms with Gasteiger partial charge in [-0.3, -0.25) is 4.79 Å². The van der Waals surface area contributed by atoms with E-state index in [1.54, 1.807) is 11.0 Å². The normalized spacial score (nSPS) is 23.6. The molecule has 1 heterocycles. The van der Waals surface area contributed by atoms with E-state index in [1.165, 1.54) is 0 Å². The van der Waals surface area contributed by atoms with E-state index in [2.05, 4.69) is 0 Å².